The predicted octanol–water partition coefficient (Wildman–Crippen LogP) is 2.26. The fraction of sp³-hybridized carbons (Fsp3) is 0.235. The molecule has 0 saturated heterocycles. The van der Waals surface area contributed by atoms with E-state index in [0.29, 0.717) is 29.5 Å². The summed E-state index contributed by atoms with van der Waals surface area (Å²) < 4.78 is 1.63. The lowest BCUT2D eigenvalue weighted by molar-refractivity contribution is 0.0672. The SMILES string of the molecule is CC1c2c[nH]c(-c3nn[nH]n3)c2CCN1C(=O)c1cc2ccc(Cl)cn2n1. The number of amides is 1. The Kier molecular flexibility index (Phi) is 3.51. The van der Waals surface area contributed by atoms with Crippen molar-refractivity contribution in [1.29, 1.82) is 0 Å². The largest absolute Gasteiger partial charge is 0.358 e. The molecule has 2 N–H and O–H groups in total. The summed E-state index contributed by atoms with van der Waals surface area (Å²) in [6, 6.07) is 5.31. The zero-order valence-corrected chi connectivity index (χ0v) is 15.1. The first-order chi connectivity index (χ1) is 13.1. The van der Waals surface area contributed by atoms with Gasteiger partial charge in [0, 0.05) is 18.9 Å². The molecular formula is C17H15ClN8O. The van der Waals surface area contributed by atoms with E-state index in [1.807, 2.05) is 24.1 Å². The molecule has 27 heavy (non-hydrogen) atoms. The number of aromatic nitrogens is 7. The second-order valence-electron chi connectivity index (χ2n) is 6.50. The van der Waals surface area contributed by atoms with Crippen molar-refractivity contribution in [2.75, 3.05) is 6.54 Å². The van der Waals surface area contributed by atoms with Gasteiger partial charge in [-0.3, -0.25) is 4.79 Å². The van der Waals surface area contributed by atoms with Crippen LogP contribution in [0, 0.1) is 0 Å². The highest BCUT2D eigenvalue weighted by Gasteiger charge is 2.32. The van der Waals surface area contributed by atoms with Crippen molar-refractivity contribution in [3.8, 4) is 11.5 Å². The summed E-state index contributed by atoms with van der Waals surface area (Å²) >= 11 is 6.00. The van der Waals surface area contributed by atoms with Crippen molar-refractivity contribution >= 4 is 23.0 Å². The van der Waals surface area contributed by atoms with Gasteiger partial charge in [-0.15, -0.1) is 10.2 Å². The van der Waals surface area contributed by atoms with Crippen LogP contribution in [-0.4, -0.2) is 52.6 Å². The van der Waals surface area contributed by atoms with Gasteiger partial charge in [-0.1, -0.05) is 11.6 Å². The Labute approximate surface area is 158 Å². The minimum absolute atomic E-state index is 0.0912. The maximum atomic E-state index is 13.1. The van der Waals surface area contributed by atoms with Crippen molar-refractivity contribution in [3.63, 3.8) is 0 Å². The average Bonchev–Trinajstić information content (AvgIpc) is 3.39. The molecule has 1 atom stereocenters. The summed E-state index contributed by atoms with van der Waals surface area (Å²) in [7, 11) is 0. The zero-order valence-electron chi connectivity index (χ0n) is 14.3. The molecule has 0 radical (unpaired) electrons. The maximum Gasteiger partial charge on any atom is 0.274 e. The Bertz CT molecular complexity index is 1150. The summed E-state index contributed by atoms with van der Waals surface area (Å²) in [5.74, 6) is 0.427. The van der Waals surface area contributed by atoms with Crippen molar-refractivity contribution in [3.05, 3.63) is 52.4 Å². The molecule has 1 aliphatic heterocycles. The van der Waals surface area contributed by atoms with Crippen LogP contribution < -0.4 is 0 Å². The molecule has 10 heteroatoms. The number of hydrogen-bond donors (Lipinski definition) is 2. The number of nitrogens with zero attached hydrogens (tertiary/aromatic N) is 6. The van der Waals surface area contributed by atoms with Crippen LogP contribution in [0.25, 0.3) is 17.0 Å². The van der Waals surface area contributed by atoms with Crippen LogP contribution in [0.15, 0.2) is 30.6 Å². The average molecular weight is 383 g/mol. The third-order valence-corrected chi connectivity index (χ3v) is 5.24. The minimum Gasteiger partial charge on any atom is -0.358 e. The third kappa shape index (κ3) is 2.50. The third-order valence-electron chi connectivity index (χ3n) is 5.02. The van der Waals surface area contributed by atoms with Crippen molar-refractivity contribution < 1.29 is 4.79 Å². The van der Waals surface area contributed by atoms with E-state index >= 15 is 0 Å². The summed E-state index contributed by atoms with van der Waals surface area (Å²) in [6.07, 6.45) is 4.31. The van der Waals surface area contributed by atoms with Crippen LogP contribution in [0.4, 0.5) is 0 Å². The van der Waals surface area contributed by atoms with Crippen LogP contribution >= 0.6 is 11.6 Å². The second-order valence-corrected chi connectivity index (χ2v) is 6.94. The smallest absolute Gasteiger partial charge is 0.274 e. The normalized spacial score (nSPS) is 16.7. The quantitative estimate of drug-likeness (QED) is 0.552. The van der Waals surface area contributed by atoms with Crippen LogP contribution in [0.2, 0.25) is 5.02 Å². The number of carbonyl (C=O) groups excluding carboxylic acids is 1. The van der Waals surface area contributed by atoms with E-state index in [1.54, 1.807) is 22.8 Å². The van der Waals surface area contributed by atoms with Crippen LogP contribution in [0.3, 0.4) is 0 Å². The maximum absolute atomic E-state index is 13.1. The van der Waals surface area contributed by atoms with E-state index in [0.717, 1.165) is 22.3 Å². The van der Waals surface area contributed by atoms with Gasteiger partial charge in [0.15, 0.2) is 5.69 Å². The Morgan fingerprint density at radius 2 is 2.26 bits per heavy atom. The molecule has 1 amide bonds. The van der Waals surface area contributed by atoms with Gasteiger partial charge in [0.2, 0.25) is 5.82 Å². The van der Waals surface area contributed by atoms with Gasteiger partial charge in [0.25, 0.3) is 5.91 Å². The van der Waals surface area contributed by atoms with Gasteiger partial charge in [0.05, 0.1) is 22.3 Å². The molecule has 4 aromatic heterocycles. The highest BCUT2D eigenvalue weighted by atomic mass is 35.5. The van der Waals surface area contributed by atoms with E-state index in [9.17, 15) is 4.79 Å². The molecule has 0 fully saturated rings. The Hall–Kier alpha value is -3.20. The number of nitrogens with one attached hydrogen (secondary N) is 2. The van der Waals surface area contributed by atoms with E-state index in [-0.39, 0.29) is 11.9 Å². The first-order valence-corrected chi connectivity index (χ1v) is 8.89. The highest BCUT2D eigenvalue weighted by molar-refractivity contribution is 6.30. The van der Waals surface area contributed by atoms with E-state index in [1.165, 1.54) is 0 Å². The monoisotopic (exact) mass is 382 g/mol. The number of H-pyrrole nitrogens is 2. The van der Waals surface area contributed by atoms with Crippen LogP contribution in [-0.2, 0) is 6.42 Å². The molecule has 0 saturated carbocycles. The molecule has 0 aliphatic carbocycles. The van der Waals surface area contributed by atoms with Crippen molar-refractivity contribution in [1.82, 2.24) is 40.1 Å². The lowest BCUT2D eigenvalue weighted by Crippen LogP contribution is -2.38. The van der Waals surface area contributed by atoms with Gasteiger partial charge in [-0.25, -0.2) is 4.52 Å². The Morgan fingerprint density at radius 3 is 3.07 bits per heavy atom. The minimum atomic E-state index is -0.102. The molecule has 0 bridgehead atoms. The summed E-state index contributed by atoms with van der Waals surface area (Å²) in [4.78, 5) is 18.1. The molecule has 1 unspecified atom stereocenters. The lowest BCUT2D eigenvalue weighted by Gasteiger charge is -2.33. The summed E-state index contributed by atoms with van der Waals surface area (Å²) in [6.45, 7) is 2.60. The van der Waals surface area contributed by atoms with E-state index in [2.05, 4.69) is 30.7 Å². The number of rotatable bonds is 2. The van der Waals surface area contributed by atoms with Crippen LogP contribution in [0.5, 0.6) is 0 Å². The number of fused-ring (bicyclic) bond motifs is 2. The van der Waals surface area contributed by atoms with Crippen molar-refractivity contribution in [2.24, 2.45) is 0 Å². The highest BCUT2D eigenvalue weighted by Crippen LogP contribution is 2.35. The molecule has 4 aromatic rings. The number of carbonyl (C=O) groups is 1. The molecule has 136 valence electrons. The lowest BCUT2D eigenvalue weighted by atomic mass is 9.95. The van der Waals surface area contributed by atoms with Gasteiger partial charge < -0.3 is 9.88 Å². The van der Waals surface area contributed by atoms with Gasteiger partial charge >= 0.3 is 0 Å². The molecule has 9 nitrogen and oxygen atoms in total. The van der Waals surface area contributed by atoms with Gasteiger partial charge in [0.1, 0.15) is 0 Å². The molecular weight excluding hydrogens is 368 g/mol. The van der Waals surface area contributed by atoms with E-state index < -0.39 is 0 Å². The zero-order chi connectivity index (χ0) is 18.5. The molecule has 0 spiro atoms. The second kappa shape index (κ2) is 5.92. The first-order valence-electron chi connectivity index (χ1n) is 8.51. The summed E-state index contributed by atoms with van der Waals surface area (Å²) in [5, 5.41) is 19.1. The number of aromatic amines is 2. The fourth-order valence-corrected chi connectivity index (χ4v) is 3.82. The topological polar surface area (TPSA) is 108 Å². The molecule has 5 rings (SSSR count). The molecule has 0 aromatic carbocycles. The fourth-order valence-electron chi connectivity index (χ4n) is 3.66. The Balaban J connectivity index is 1.47. The number of tetrazole rings is 1. The van der Waals surface area contributed by atoms with Crippen LogP contribution in [0.1, 0.15) is 34.6 Å². The summed E-state index contributed by atoms with van der Waals surface area (Å²) in [5.41, 5.74) is 4.26. The predicted molar refractivity (Wildman–Crippen MR) is 97.3 cm³/mol. The van der Waals surface area contributed by atoms with Crippen molar-refractivity contribution in [2.45, 2.75) is 19.4 Å². The number of hydrogen-bond acceptors (Lipinski definition) is 5. The first kappa shape index (κ1) is 16.0. The van der Waals surface area contributed by atoms with Gasteiger partial charge in [-0.05, 0) is 47.9 Å². The molecule has 5 heterocycles. The van der Waals surface area contributed by atoms with E-state index in [4.69, 9.17) is 11.6 Å². The van der Waals surface area contributed by atoms with Gasteiger partial charge in [-0.2, -0.15) is 10.3 Å². The molecule has 1 aliphatic rings. The number of pyridine rings is 1. The Morgan fingerprint density at radius 1 is 1.37 bits per heavy atom. The standard InChI is InChI=1S/C17H15ClN8O/c1-9-13-7-19-15(16-20-23-24-21-16)12(13)4-5-25(9)17(27)14-6-11-3-2-10(18)8-26(11)22-14/h2-3,6-9,19H,4-5H2,1H3,(H,20,21,23,24). The number of halogens is 1.